The van der Waals surface area contributed by atoms with Crippen LogP contribution in [-0.4, -0.2) is 9.97 Å². The molecule has 1 aromatic heterocycles. The zero-order valence-electron chi connectivity index (χ0n) is 8.90. The maximum absolute atomic E-state index is 4.47. The minimum absolute atomic E-state index is 0.782. The van der Waals surface area contributed by atoms with Crippen molar-refractivity contribution in [1.82, 2.24) is 9.97 Å². The van der Waals surface area contributed by atoms with Crippen LogP contribution in [0.3, 0.4) is 0 Å². The van der Waals surface area contributed by atoms with Crippen molar-refractivity contribution in [2.24, 2.45) is 0 Å². The predicted molar refractivity (Wildman–Crippen MR) is 60.9 cm³/mol. The van der Waals surface area contributed by atoms with Crippen molar-refractivity contribution < 1.29 is 0 Å². The summed E-state index contributed by atoms with van der Waals surface area (Å²) in [7, 11) is 0. The fourth-order valence-corrected chi connectivity index (χ4v) is 2.13. The monoisotopic (exact) mass is 198 g/mol. The molecule has 1 fully saturated rings. The van der Waals surface area contributed by atoms with Crippen LogP contribution >= 0.6 is 0 Å². The third kappa shape index (κ3) is 1.50. The number of fused-ring (bicyclic) bond motifs is 1. The van der Waals surface area contributed by atoms with Gasteiger partial charge in [0.05, 0.1) is 5.52 Å². The number of benzene rings is 1. The maximum Gasteiger partial charge on any atom is 0.125 e. The number of rotatable bonds is 1. The van der Waals surface area contributed by atoms with E-state index < -0.39 is 0 Å². The number of hydrogen-bond acceptors (Lipinski definition) is 2. The van der Waals surface area contributed by atoms with Crippen LogP contribution in [0, 0.1) is 6.92 Å². The van der Waals surface area contributed by atoms with E-state index in [9.17, 15) is 0 Å². The summed E-state index contributed by atoms with van der Waals surface area (Å²) in [6, 6.07) is 6.60. The van der Waals surface area contributed by atoms with Crippen molar-refractivity contribution in [1.29, 1.82) is 0 Å². The van der Waals surface area contributed by atoms with E-state index in [4.69, 9.17) is 0 Å². The second kappa shape index (κ2) is 3.30. The maximum atomic E-state index is 4.47. The lowest BCUT2D eigenvalue weighted by molar-refractivity contribution is 0.420. The predicted octanol–water partition coefficient (Wildman–Crippen LogP) is 3.21. The molecule has 1 heterocycles. The second-order valence-corrected chi connectivity index (χ2v) is 4.36. The minimum Gasteiger partial charge on any atom is -0.241 e. The quantitative estimate of drug-likeness (QED) is 0.703. The summed E-state index contributed by atoms with van der Waals surface area (Å²) < 4.78 is 0. The van der Waals surface area contributed by atoms with E-state index in [0.717, 1.165) is 22.6 Å². The molecule has 3 rings (SSSR count). The molecule has 0 bridgehead atoms. The van der Waals surface area contributed by atoms with Gasteiger partial charge in [-0.2, -0.15) is 0 Å². The Kier molecular flexibility index (Phi) is 1.94. The molecule has 1 aliphatic carbocycles. The molecule has 2 nitrogen and oxygen atoms in total. The first-order valence-electron chi connectivity index (χ1n) is 5.56. The van der Waals surface area contributed by atoms with Gasteiger partial charge in [-0.25, -0.2) is 9.97 Å². The van der Waals surface area contributed by atoms with Crippen LogP contribution in [0.5, 0.6) is 0 Å². The summed E-state index contributed by atoms with van der Waals surface area (Å²) in [5, 5.41) is 1.14. The average Bonchev–Trinajstić information content (AvgIpc) is 2.14. The molecular weight excluding hydrogens is 184 g/mol. The molecule has 0 amide bonds. The molecule has 76 valence electrons. The van der Waals surface area contributed by atoms with Crippen LogP contribution in [0.15, 0.2) is 24.4 Å². The van der Waals surface area contributed by atoms with Crippen molar-refractivity contribution in [2.75, 3.05) is 0 Å². The van der Waals surface area contributed by atoms with E-state index in [-0.39, 0.29) is 0 Å². The Morgan fingerprint density at radius 2 is 2.13 bits per heavy atom. The number of nitrogens with zero attached hydrogens (tertiary/aromatic N) is 2. The second-order valence-electron chi connectivity index (χ2n) is 4.36. The first-order chi connectivity index (χ1) is 7.33. The molecule has 2 aromatic rings. The highest BCUT2D eigenvalue weighted by atomic mass is 14.9. The van der Waals surface area contributed by atoms with Crippen molar-refractivity contribution >= 4 is 10.9 Å². The molecule has 1 aromatic carbocycles. The summed E-state index contributed by atoms with van der Waals surface area (Å²) in [4.78, 5) is 8.67. The Labute approximate surface area is 89.4 Å². The molecule has 0 unspecified atom stereocenters. The lowest BCUT2D eigenvalue weighted by Crippen LogP contribution is -2.08. The number of hydrogen-bond donors (Lipinski definition) is 0. The number of aromatic nitrogens is 2. The van der Waals surface area contributed by atoms with E-state index in [2.05, 4.69) is 28.2 Å². The molecule has 1 aliphatic rings. The van der Waals surface area contributed by atoms with Gasteiger partial charge in [0.25, 0.3) is 0 Å². The van der Waals surface area contributed by atoms with Gasteiger partial charge < -0.3 is 0 Å². The van der Waals surface area contributed by atoms with Gasteiger partial charge in [-0.3, -0.25) is 0 Å². The summed E-state index contributed by atoms with van der Waals surface area (Å²) in [5.74, 6) is 1.64. The molecule has 0 aliphatic heterocycles. The van der Waals surface area contributed by atoms with E-state index >= 15 is 0 Å². The van der Waals surface area contributed by atoms with Crippen molar-refractivity contribution in [3.63, 3.8) is 0 Å². The summed E-state index contributed by atoms with van der Waals surface area (Å²) >= 11 is 0. The Hall–Kier alpha value is -1.44. The van der Waals surface area contributed by atoms with Crippen molar-refractivity contribution in [3.05, 3.63) is 35.8 Å². The van der Waals surface area contributed by atoms with Gasteiger partial charge in [0, 0.05) is 11.6 Å². The normalized spacial score (nSPS) is 16.6. The topological polar surface area (TPSA) is 25.8 Å². The first-order valence-corrected chi connectivity index (χ1v) is 5.56. The minimum atomic E-state index is 0.782. The molecular formula is C13H14N2. The van der Waals surface area contributed by atoms with Gasteiger partial charge in [0.2, 0.25) is 0 Å². The van der Waals surface area contributed by atoms with E-state index in [1.54, 1.807) is 0 Å². The Bertz CT molecular complexity index is 501. The zero-order valence-corrected chi connectivity index (χ0v) is 8.90. The van der Waals surface area contributed by atoms with Gasteiger partial charge in [-0.1, -0.05) is 18.6 Å². The molecule has 0 N–H and O–H groups in total. The largest absolute Gasteiger partial charge is 0.241 e. The van der Waals surface area contributed by atoms with Gasteiger partial charge >= 0.3 is 0 Å². The Morgan fingerprint density at radius 1 is 1.27 bits per heavy atom. The van der Waals surface area contributed by atoms with Gasteiger partial charge in [-0.05, 0) is 37.3 Å². The highest BCUT2D eigenvalue weighted by Crippen LogP contribution is 2.36. The van der Waals surface area contributed by atoms with E-state index in [1.807, 2.05) is 13.1 Å². The SMILES string of the molecule is Cc1ncc2ccc(C3CCC3)cc2n1. The summed E-state index contributed by atoms with van der Waals surface area (Å²) in [6.45, 7) is 1.94. The standard InChI is InChI=1S/C13H14N2/c1-9-14-8-12-6-5-11(7-13(12)15-9)10-3-2-4-10/h5-8,10H,2-4H2,1H3. The van der Waals surface area contributed by atoms with Crippen molar-refractivity contribution in [2.45, 2.75) is 32.1 Å². The van der Waals surface area contributed by atoms with Crippen LogP contribution in [0.1, 0.15) is 36.6 Å². The fraction of sp³-hybridized carbons (Fsp3) is 0.385. The van der Waals surface area contributed by atoms with Crippen LogP contribution in [-0.2, 0) is 0 Å². The lowest BCUT2D eigenvalue weighted by atomic mass is 9.80. The average molecular weight is 198 g/mol. The Balaban J connectivity index is 2.11. The van der Waals surface area contributed by atoms with Crippen LogP contribution in [0.2, 0.25) is 0 Å². The summed E-state index contributed by atoms with van der Waals surface area (Å²) in [6.07, 6.45) is 5.97. The third-order valence-corrected chi connectivity index (χ3v) is 3.30. The molecule has 1 saturated carbocycles. The molecule has 0 radical (unpaired) electrons. The number of aryl methyl sites for hydroxylation is 1. The first kappa shape index (κ1) is 8.84. The highest BCUT2D eigenvalue weighted by Gasteiger charge is 2.19. The highest BCUT2D eigenvalue weighted by molar-refractivity contribution is 5.78. The molecule has 2 heteroatoms. The van der Waals surface area contributed by atoms with Gasteiger partial charge in [-0.15, -0.1) is 0 Å². The van der Waals surface area contributed by atoms with Crippen LogP contribution in [0.4, 0.5) is 0 Å². The lowest BCUT2D eigenvalue weighted by Gasteiger charge is -2.25. The molecule has 0 atom stereocenters. The molecule has 0 saturated heterocycles. The Morgan fingerprint density at radius 3 is 2.87 bits per heavy atom. The fourth-order valence-electron chi connectivity index (χ4n) is 2.13. The van der Waals surface area contributed by atoms with Gasteiger partial charge in [0.1, 0.15) is 5.82 Å². The van der Waals surface area contributed by atoms with E-state index in [1.165, 1.54) is 24.8 Å². The van der Waals surface area contributed by atoms with Crippen LogP contribution < -0.4 is 0 Å². The van der Waals surface area contributed by atoms with Crippen molar-refractivity contribution in [3.8, 4) is 0 Å². The third-order valence-electron chi connectivity index (χ3n) is 3.30. The molecule has 0 spiro atoms. The van der Waals surface area contributed by atoms with Gasteiger partial charge in [0.15, 0.2) is 0 Å². The zero-order chi connectivity index (χ0) is 10.3. The van der Waals surface area contributed by atoms with E-state index in [0.29, 0.717) is 0 Å². The summed E-state index contributed by atoms with van der Waals surface area (Å²) in [5.41, 5.74) is 2.54. The smallest absolute Gasteiger partial charge is 0.125 e. The van der Waals surface area contributed by atoms with Crippen LogP contribution in [0.25, 0.3) is 10.9 Å². The molecule has 15 heavy (non-hydrogen) atoms.